The molecule has 0 aromatic carbocycles. The summed E-state index contributed by atoms with van der Waals surface area (Å²) in [5, 5.41) is 0. The van der Waals surface area contributed by atoms with Crippen LogP contribution in [0.25, 0.3) is 0 Å². The standard InChI is InChI=1S/C11H24O3Si/c1-5-10(13-7-9-6-12-9)8(2)11(3,4)14-15/h8-10H,5-7H2,1-4,15H3. The van der Waals surface area contributed by atoms with E-state index in [0.29, 0.717) is 12.0 Å². The van der Waals surface area contributed by atoms with Crippen LogP contribution in [-0.2, 0) is 13.9 Å². The molecule has 0 spiro atoms. The monoisotopic (exact) mass is 232 g/mol. The summed E-state index contributed by atoms with van der Waals surface area (Å²) in [6.45, 7) is 10.3. The van der Waals surface area contributed by atoms with Crippen molar-refractivity contribution in [2.75, 3.05) is 13.2 Å². The molecule has 3 unspecified atom stereocenters. The van der Waals surface area contributed by atoms with Crippen molar-refractivity contribution < 1.29 is 13.9 Å². The van der Waals surface area contributed by atoms with Gasteiger partial charge in [-0.2, -0.15) is 0 Å². The molecule has 0 aliphatic carbocycles. The summed E-state index contributed by atoms with van der Waals surface area (Å²) in [5.74, 6) is 0.416. The second-order valence-electron chi connectivity index (χ2n) is 4.83. The zero-order valence-corrected chi connectivity index (χ0v) is 12.6. The van der Waals surface area contributed by atoms with Gasteiger partial charge in [0.1, 0.15) is 16.6 Å². The summed E-state index contributed by atoms with van der Waals surface area (Å²) < 4.78 is 16.7. The van der Waals surface area contributed by atoms with Crippen molar-refractivity contribution in [1.29, 1.82) is 0 Å². The molecule has 90 valence electrons. The largest absolute Gasteiger partial charge is 0.423 e. The van der Waals surface area contributed by atoms with Crippen LogP contribution in [0, 0.1) is 5.92 Å². The van der Waals surface area contributed by atoms with E-state index in [1.54, 1.807) is 0 Å². The van der Waals surface area contributed by atoms with Gasteiger partial charge in [0, 0.05) is 5.92 Å². The van der Waals surface area contributed by atoms with Crippen LogP contribution in [0.5, 0.6) is 0 Å². The minimum atomic E-state index is -0.0721. The molecule has 4 heteroatoms. The van der Waals surface area contributed by atoms with E-state index in [9.17, 15) is 0 Å². The lowest BCUT2D eigenvalue weighted by molar-refractivity contribution is -0.0591. The molecule has 3 atom stereocenters. The highest BCUT2D eigenvalue weighted by atomic mass is 28.2. The molecule has 15 heavy (non-hydrogen) atoms. The second-order valence-corrected chi connectivity index (χ2v) is 5.24. The van der Waals surface area contributed by atoms with Gasteiger partial charge in [-0.3, -0.25) is 0 Å². The fourth-order valence-corrected chi connectivity index (χ4v) is 2.02. The summed E-state index contributed by atoms with van der Waals surface area (Å²) in [5.41, 5.74) is -0.0721. The number of epoxide rings is 1. The Morgan fingerprint density at radius 3 is 2.53 bits per heavy atom. The summed E-state index contributed by atoms with van der Waals surface area (Å²) in [4.78, 5) is 0. The highest BCUT2D eigenvalue weighted by Crippen LogP contribution is 2.27. The SMILES string of the molecule is CCC(OCC1CO1)C(C)C(C)(C)O[SiH3]. The average Bonchev–Trinajstić information content (AvgIpc) is 3.02. The van der Waals surface area contributed by atoms with Crippen LogP contribution in [0.15, 0.2) is 0 Å². The van der Waals surface area contributed by atoms with Crippen LogP contribution in [0.2, 0.25) is 0 Å². The first-order valence-corrected chi connectivity index (χ1v) is 6.61. The fraction of sp³-hybridized carbons (Fsp3) is 1.00. The molecule has 0 bridgehead atoms. The Labute approximate surface area is 96.0 Å². The van der Waals surface area contributed by atoms with Crippen molar-refractivity contribution in [2.24, 2.45) is 5.92 Å². The van der Waals surface area contributed by atoms with Gasteiger partial charge in [-0.25, -0.2) is 0 Å². The van der Waals surface area contributed by atoms with Crippen LogP contribution >= 0.6 is 0 Å². The molecular formula is C11H24O3Si. The van der Waals surface area contributed by atoms with E-state index in [0.717, 1.165) is 30.1 Å². The van der Waals surface area contributed by atoms with Gasteiger partial charge in [0.15, 0.2) is 0 Å². The maximum Gasteiger partial charge on any atom is 0.146 e. The van der Waals surface area contributed by atoms with Gasteiger partial charge in [0.05, 0.1) is 24.9 Å². The first kappa shape index (κ1) is 13.2. The lowest BCUT2D eigenvalue weighted by atomic mass is 9.87. The number of rotatable bonds is 7. The van der Waals surface area contributed by atoms with Gasteiger partial charge in [0.25, 0.3) is 0 Å². The number of ether oxygens (including phenoxy) is 2. The zero-order chi connectivity index (χ0) is 11.5. The third-order valence-electron chi connectivity index (χ3n) is 3.48. The lowest BCUT2D eigenvalue weighted by Gasteiger charge is -2.36. The Bertz CT molecular complexity index is 192. The molecule has 0 amide bonds. The van der Waals surface area contributed by atoms with Crippen molar-refractivity contribution in [2.45, 2.75) is 51.9 Å². The first-order valence-electron chi connectivity index (χ1n) is 5.79. The Hall–Kier alpha value is 0.0969. The molecule has 1 heterocycles. The fourth-order valence-electron chi connectivity index (χ4n) is 1.64. The summed E-state index contributed by atoms with van der Waals surface area (Å²) in [6.07, 6.45) is 1.66. The van der Waals surface area contributed by atoms with Crippen molar-refractivity contribution in [3.05, 3.63) is 0 Å². The van der Waals surface area contributed by atoms with E-state index >= 15 is 0 Å². The molecule has 0 aromatic rings. The van der Waals surface area contributed by atoms with Crippen LogP contribution in [0.4, 0.5) is 0 Å². The Balaban J connectivity index is 2.40. The zero-order valence-electron chi connectivity index (χ0n) is 10.6. The topological polar surface area (TPSA) is 31.0 Å². The van der Waals surface area contributed by atoms with Crippen LogP contribution < -0.4 is 0 Å². The van der Waals surface area contributed by atoms with E-state index in [4.69, 9.17) is 13.9 Å². The van der Waals surface area contributed by atoms with Crippen molar-refractivity contribution in [3.63, 3.8) is 0 Å². The molecule has 0 N–H and O–H groups in total. The summed E-state index contributed by atoms with van der Waals surface area (Å²) in [6, 6.07) is 0. The molecule has 0 radical (unpaired) electrons. The molecule has 0 aromatic heterocycles. The molecule has 1 fully saturated rings. The molecule has 0 saturated carbocycles. The van der Waals surface area contributed by atoms with E-state index in [1.165, 1.54) is 0 Å². The lowest BCUT2D eigenvalue weighted by Crippen LogP contribution is -2.40. The van der Waals surface area contributed by atoms with Crippen LogP contribution in [-0.4, -0.2) is 41.5 Å². The van der Waals surface area contributed by atoms with Crippen LogP contribution in [0.1, 0.15) is 34.1 Å². The normalized spacial score (nSPS) is 25.2. The predicted molar refractivity (Wildman–Crippen MR) is 64.0 cm³/mol. The number of hydrogen-bond donors (Lipinski definition) is 0. The van der Waals surface area contributed by atoms with Crippen molar-refractivity contribution in [3.8, 4) is 0 Å². The van der Waals surface area contributed by atoms with Gasteiger partial charge in [-0.1, -0.05) is 13.8 Å². The smallest absolute Gasteiger partial charge is 0.146 e. The van der Waals surface area contributed by atoms with Gasteiger partial charge in [0.2, 0.25) is 0 Å². The van der Waals surface area contributed by atoms with Crippen molar-refractivity contribution >= 4 is 10.5 Å². The maximum absolute atomic E-state index is 5.88. The highest BCUT2D eigenvalue weighted by molar-refractivity contribution is 5.98. The summed E-state index contributed by atoms with van der Waals surface area (Å²) in [7, 11) is 0.776. The molecular weight excluding hydrogens is 208 g/mol. The van der Waals surface area contributed by atoms with E-state index in [2.05, 4.69) is 27.7 Å². The third kappa shape index (κ3) is 3.87. The molecule has 3 nitrogen and oxygen atoms in total. The third-order valence-corrected chi connectivity index (χ3v) is 4.53. The quantitative estimate of drug-likeness (QED) is 0.482. The maximum atomic E-state index is 5.88. The number of hydrogen-bond acceptors (Lipinski definition) is 3. The van der Waals surface area contributed by atoms with E-state index < -0.39 is 0 Å². The Morgan fingerprint density at radius 1 is 1.53 bits per heavy atom. The van der Waals surface area contributed by atoms with Gasteiger partial charge in [-0.15, -0.1) is 0 Å². The minimum Gasteiger partial charge on any atom is -0.423 e. The minimum absolute atomic E-state index is 0.0721. The van der Waals surface area contributed by atoms with Crippen molar-refractivity contribution in [1.82, 2.24) is 0 Å². The van der Waals surface area contributed by atoms with Gasteiger partial charge >= 0.3 is 0 Å². The molecule has 1 saturated heterocycles. The summed E-state index contributed by atoms with van der Waals surface area (Å²) >= 11 is 0. The molecule has 1 aliphatic rings. The predicted octanol–water partition coefficient (Wildman–Crippen LogP) is 0.892. The van der Waals surface area contributed by atoms with Gasteiger partial charge in [-0.05, 0) is 20.3 Å². The average molecular weight is 232 g/mol. The van der Waals surface area contributed by atoms with E-state index in [-0.39, 0.29) is 11.7 Å². The first-order chi connectivity index (χ1) is 7.01. The van der Waals surface area contributed by atoms with Gasteiger partial charge < -0.3 is 13.9 Å². The molecule has 1 rings (SSSR count). The van der Waals surface area contributed by atoms with Crippen LogP contribution in [0.3, 0.4) is 0 Å². The second kappa shape index (κ2) is 5.43. The molecule has 1 aliphatic heterocycles. The van der Waals surface area contributed by atoms with E-state index in [1.807, 2.05) is 0 Å². The Morgan fingerprint density at radius 2 is 2.13 bits per heavy atom. The highest BCUT2D eigenvalue weighted by Gasteiger charge is 2.33. The Kier molecular flexibility index (Phi) is 4.77.